The molecule has 0 spiro atoms. The number of hydrogen-bond donors (Lipinski definition) is 1. The summed E-state index contributed by atoms with van der Waals surface area (Å²) >= 11 is 0. The SMILES string of the molecule is CN(CC(O)C(F)(F)F)C(=O)c1cn(-c2ccc(F)cc2)nn1. The number of aromatic nitrogens is 3. The first-order chi connectivity index (χ1) is 10.7. The zero-order valence-corrected chi connectivity index (χ0v) is 11.8. The maximum absolute atomic E-state index is 12.8. The minimum Gasteiger partial charge on any atom is -0.382 e. The normalized spacial score (nSPS) is 13.0. The van der Waals surface area contributed by atoms with E-state index in [1.54, 1.807) is 0 Å². The fraction of sp³-hybridized carbons (Fsp3) is 0.308. The number of aliphatic hydroxyl groups excluding tert-OH is 1. The zero-order valence-electron chi connectivity index (χ0n) is 11.8. The Kier molecular flexibility index (Phi) is 4.64. The van der Waals surface area contributed by atoms with E-state index in [1.807, 2.05) is 0 Å². The summed E-state index contributed by atoms with van der Waals surface area (Å²) in [5.41, 5.74) is 0.224. The van der Waals surface area contributed by atoms with Crippen molar-refractivity contribution in [3.8, 4) is 5.69 Å². The molecule has 10 heteroatoms. The highest BCUT2D eigenvalue weighted by Crippen LogP contribution is 2.20. The van der Waals surface area contributed by atoms with E-state index in [0.717, 1.165) is 7.05 Å². The number of alkyl halides is 3. The number of carbonyl (C=O) groups is 1. The van der Waals surface area contributed by atoms with Gasteiger partial charge in [-0.3, -0.25) is 4.79 Å². The highest BCUT2D eigenvalue weighted by molar-refractivity contribution is 5.91. The van der Waals surface area contributed by atoms with E-state index < -0.39 is 30.5 Å². The third-order valence-corrected chi connectivity index (χ3v) is 2.98. The number of hydrogen-bond acceptors (Lipinski definition) is 4. The van der Waals surface area contributed by atoms with E-state index in [0.29, 0.717) is 10.6 Å². The summed E-state index contributed by atoms with van der Waals surface area (Å²) in [4.78, 5) is 12.7. The number of nitrogens with zero attached hydrogens (tertiary/aromatic N) is 4. The number of carbonyl (C=O) groups excluding carboxylic acids is 1. The predicted molar refractivity (Wildman–Crippen MR) is 70.3 cm³/mol. The fourth-order valence-electron chi connectivity index (χ4n) is 1.72. The van der Waals surface area contributed by atoms with Crippen LogP contribution in [0.2, 0.25) is 0 Å². The lowest BCUT2D eigenvalue weighted by molar-refractivity contribution is -0.205. The second-order valence-corrected chi connectivity index (χ2v) is 4.77. The van der Waals surface area contributed by atoms with Gasteiger partial charge < -0.3 is 10.0 Å². The Balaban J connectivity index is 2.10. The van der Waals surface area contributed by atoms with Gasteiger partial charge >= 0.3 is 6.18 Å². The molecule has 124 valence electrons. The largest absolute Gasteiger partial charge is 0.416 e. The summed E-state index contributed by atoms with van der Waals surface area (Å²) in [6, 6.07) is 5.17. The van der Waals surface area contributed by atoms with Gasteiger partial charge in [-0.1, -0.05) is 5.21 Å². The van der Waals surface area contributed by atoms with Crippen molar-refractivity contribution in [2.45, 2.75) is 12.3 Å². The monoisotopic (exact) mass is 332 g/mol. The van der Waals surface area contributed by atoms with Gasteiger partial charge in [-0.15, -0.1) is 5.10 Å². The number of halogens is 4. The van der Waals surface area contributed by atoms with Crippen molar-refractivity contribution in [1.29, 1.82) is 0 Å². The van der Waals surface area contributed by atoms with Gasteiger partial charge in [0.1, 0.15) is 5.82 Å². The predicted octanol–water partition coefficient (Wildman–Crippen LogP) is 1.40. The van der Waals surface area contributed by atoms with Gasteiger partial charge in [0, 0.05) is 7.05 Å². The van der Waals surface area contributed by atoms with Gasteiger partial charge in [0.15, 0.2) is 11.8 Å². The topological polar surface area (TPSA) is 71.2 Å². The number of likely N-dealkylation sites (N-methyl/N-ethyl adjacent to an activating group) is 1. The molecule has 2 aromatic rings. The minimum absolute atomic E-state index is 0.203. The molecule has 0 radical (unpaired) electrons. The molecule has 0 fully saturated rings. The lowest BCUT2D eigenvalue weighted by Gasteiger charge is -2.21. The summed E-state index contributed by atoms with van der Waals surface area (Å²) < 4.78 is 50.9. The van der Waals surface area contributed by atoms with Crippen LogP contribution < -0.4 is 0 Å². The van der Waals surface area contributed by atoms with Crippen LogP contribution in [-0.4, -0.2) is 56.8 Å². The molecule has 0 saturated heterocycles. The van der Waals surface area contributed by atoms with Crippen LogP contribution >= 0.6 is 0 Å². The van der Waals surface area contributed by atoms with Crippen molar-refractivity contribution in [3.63, 3.8) is 0 Å². The first-order valence-corrected chi connectivity index (χ1v) is 6.37. The first kappa shape index (κ1) is 16.9. The summed E-state index contributed by atoms with van der Waals surface area (Å²) in [7, 11) is 1.11. The molecule has 0 bridgehead atoms. The Morgan fingerprint density at radius 3 is 2.52 bits per heavy atom. The van der Waals surface area contributed by atoms with Crippen LogP contribution in [0.3, 0.4) is 0 Å². The molecule has 23 heavy (non-hydrogen) atoms. The van der Waals surface area contributed by atoms with E-state index in [2.05, 4.69) is 10.3 Å². The molecule has 1 N–H and O–H groups in total. The van der Waals surface area contributed by atoms with Crippen molar-refractivity contribution >= 4 is 5.91 Å². The van der Waals surface area contributed by atoms with Crippen molar-refractivity contribution in [1.82, 2.24) is 19.9 Å². The zero-order chi connectivity index (χ0) is 17.2. The smallest absolute Gasteiger partial charge is 0.382 e. The third kappa shape index (κ3) is 4.03. The number of benzene rings is 1. The molecule has 1 unspecified atom stereocenters. The molecular formula is C13H12F4N4O2. The van der Waals surface area contributed by atoms with Gasteiger partial charge in [0.25, 0.3) is 5.91 Å². The van der Waals surface area contributed by atoms with E-state index >= 15 is 0 Å². The Bertz CT molecular complexity index is 684. The van der Waals surface area contributed by atoms with Crippen LogP contribution in [0.4, 0.5) is 17.6 Å². The van der Waals surface area contributed by atoms with Crippen molar-refractivity contribution in [3.05, 3.63) is 42.0 Å². The Hall–Kier alpha value is -2.49. The molecule has 6 nitrogen and oxygen atoms in total. The summed E-state index contributed by atoms with van der Waals surface area (Å²) in [6.07, 6.45) is -6.27. The highest BCUT2D eigenvalue weighted by atomic mass is 19.4. The second-order valence-electron chi connectivity index (χ2n) is 4.77. The molecule has 1 aromatic carbocycles. The number of aliphatic hydroxyl groups is 1. The number of rotatable bonds is 4. The van der Waals surface area contributed by atoms with Gasteiger partial charge in [-0.2, -0.15) is 13.2 Å². The Labute approximate surface area is 127 Å². The number of amides is 1. The highest BCUT2D eigenvalue weighted by Gasteiger charge is 2.39. The van der Waals surface area contributed by atoms with Gasteiger partial charge in [-0.25, -0.2) is 9.07 Å². The minimum atomic E-state index is -4.82. The Morgan fingerprint density at radius 2 is 1.96 bits per heavy atom. The van der Waals surface area contributed by atoms with Crippen molar-refractivity contribution in [2.24, 2.45) is 0 Å². The van der Waals surface area contributed by atoms with Crippen LogP contribution in [0, 0.1) is 5.82 Å². The van der Waals surface area contributed by atoms with Crippen molar-refractivity contribution in [2.75, 3.05) is 13.6 Å². The molecule has 0 aliphatic heterocycles. The average molecular weight is 332 g/mol. The quantitative estimate of drug-likeness (QED) is 0.859. The van der Waals surface area contributed by atoms with Gasteiger partial charge in [0.05, 0.1) is 18.4 Å². The summed E-state index contributed by atoms with van der Waals surface area (Å²) in [5.74, 6) is -1.28. The first-order valence-electron chi connectivity index (χ1n) is 6.37. The standard InChI is InChI=1S/C13H12F4N4O2/c1-20(7-11(22)13(15,16)17)12(23)10-6-21(19-18-10)9-4-2-8(14)3-5-9/h2-6,11,22H,7H2,1H3. The molecule has 0 aliphatic carbocycles. The summed E-state index contributed by atoms with van der Waals surface area (Å²) in [5, 5.41) is 16.2. The molecule has 1 atom stereocenters. The molecule has 1 aromatic heterocycles. The van der Waals surface area contributed by atoms with E-state index in [-0.39, 0.29) is 5.69 Å². The van der Waals surface area contributed by atoms with Gasteiger partial charge in [-0.05, 0) is 24.3 Å². The maximum Gasteiger partial charge on any atom is 0.416 e. The molecular weight excluding hydrogens is 320 g/mol. The van der Waals surface area contributed by atoms with Gasteiger partial charge in [0.2, 0.25) is 0 Å². The van der Waals surface area contributed by atoms with Crippen LogP contribution in [-0.2, 0) is 0 Å². The average Bonchev–Trinajstić information content (AvgIpc) is 2.95. The van der Waals surface area contributed by atoms with E-state index in [9.17, 15) is 22.4 Å². The lowest BCUT2D eigenvalue weighted by atomic mass is 10.3. The lowest BCUT2D eigenvalue weighted by Crippen LogP contribution is -2.41. The third-order valence-electron chi connectivity index (χ3n) is 2.98. The maximum atomic E-state index is 12.8. The van der Waals surface area contributed by atoms with Crippen LogP contribution in [0.25, 0.3) is 5.69 Å². The molecule has 1 heterocycles. The van der Waals surface area contributed by atoms with Crippen LogP contribution in [0.15, 0.2) is 30.5 Å². The Morgan fingerprint density at radius 1 is 1.35 bits per heavy atom. The molecule has 2 rings (SSSR count). The van der Waals surface area contributed by atoms with Crippen molar-refractivity contribution < 1.29 is 27.5 Å². The fourth-order valence-corrected chi connectivity index (χ4v) is 1.72. The molecule has 0 aliphatic rings. The summed E-state index contributed by atoms with van der Waals surface area (Å²) in [6.45, 7) is -0.925. The molecule has 0 saturated carbocycles. The van der Waals surface area contributed by atoms with E-state index in [1.165, 1.54) is 35.1 Å². The van der Waals surface area contributed by atoms with Crippen LogP contribution in [0.1, 0.15) is 10.5 Å². The molecule has 1 amide bonds. The second kappa shape index (κ2) is 6.32. The van der Waals surface area contributed by atoms with Crippen LogP contribution in [0.5, 0.6) is 0 Å². The van der Waals surface area contributed by atoms with E-state index in [4.69, 9.17) is 5.11 Å².